The molecule has 1 saturated heterocycles. The van der Waals surface area contributed by atoms with E-state index in [-0.39, 0.29) is 5.91 Å². The van der Waals surface area contributed by atoms with Gasteiger partial charge in [-0.15, -0.1) is 0 Å². The quantitative estimate of drug-likeness (QED) is 0.876. The second-order valence-electron chi connectivity index (χ2n) is 7.41. The van der Waals surface area contributed by atoms with Crippen LogP contribution in [0.5, 0.6) is 0 Å². The Morgan fingerprint density at radius 2 is 2.28 bits per heavy atom. The van der Waals surface area contributed by atoms with Crippen molar-refractivity contribution in [2.45, 2.75) is 46.0 Å². The number of nitrogens with zero attached hydrogens (tertiary/aromatic N) is 4. The molecule has 1 amide bonds. The summed E-state index contributed by atoms with van der Waals surface area (Å²) in [5, 5.41) is 7.45. The zero-order valence-electron chi connectivity index (χ0n) is 15.5. The molecule has 2 aromatic rings. The molecular weight excluding hydrogens is 314 g/mol. The summed E-state index contributed by atoms with van der Waals surface area (Å²) in [6, 6.07) is 2.05. The highest BCUT2D eigenvalue weighted by atomic mass is 16.1. The summed E-state index contributed by atoms with van der Waals surface area (Å²) in [6.45, 7) is 10.4. The minimum Gasteiger partial charge on any atom is -0.352 e. The summed E-state index contributed by atoms with van der Waals surface area (Å²) in [5.41, 5.74) is 2.38. The summed E-state index contributed by atoms with van der Waals surface area (Å²) in [6.07, 6.45) is 7.00. The van der Waals surface area contributed by atoms with Gasteiger partial charge in [0.05, 0.1) is 11.9 Å². The van der Waals surface area contributed by atoms with Gasteiger partial charge in [-0.3, -0.25) is 4.79 Å². The van der Waals surface area contributed by atoms with Gasteiger partial charge in [0.15, 0.2) is 5.65 Å². The molecule has 3 rings (SSSR count). The second-order valence-corrected chi connectivity index (χ2v) is 7.41. The first-order valence-electron chi connectivity index (χ1n) is 9.43. The number of rotatable bonds is 6. The van der Waals surface area contributed by atoms with Gasteiger partial charge in [0.25, 0.3) is 5.91 Å². The van der Waals surface area contributed by atoms with Gasteiger partial charge in [-0.1, -0.05) is 20.8 Å². The first-order valence-corrected chi connectivity index (χ1v) is 9.43. The number of fused-ring (bicyclic) bond motifs is 1. The van der Waals surface area contributed by atoms with Crippen LogP contribution >= 0.6 is 0 Å². The van der Waals surface area contributed by atoms with Gasteiger partial charge in [-0.2, -0.15) is 5.10 Å². The monoisotopic (exact) mass is 343 g/mol. The summed E-state index contributed by atoms with van der Waals surface area (Å²) in [7, 11) is 0. The third kappa shape index (κ3) is 4.00. The van der Waals surface area contributed by atoms with Gasteiger partial charge in [-0.25, -0.2) is 9.50 Å². The van der Waals surface area contributed by atoms with Gasteiger partial charge in [0.1, 0.15) is 5.56 Å². The molecule has 6 nitrogen and oxygen atoms in total. The Bertz CT molecular complexity index is 722. The van der Waals surface area contributed by atoms with E-state index in [2.05, 4.69) is 47.1 Å². The lowest BCUT2D eigenvalue weighted by atomic mass is 9.94. The molecule has 1 aliphatic rings. The van der Waals surface area contributed by atoms with E-state index in [9.17, 15) is 4.79 Å². The van der Waals surface area contributed by atoms with Crippen LogP contribution in [0, 0.1) is 5.92 Å². The third-order valence-electron chi connectivity index (χ3n) is 4.81. The highest BCUT2D eigenvalue weighted by Gasteiger charge is 2.24. The van der Waals surface area contributed by atoms with Crippen molar-refractivity contribution in [2.75, 3.05) is 26.2 Å². The number of aromatic nitrogens is 3. The summed E-state index contributed by atoms with van der Waals surface area (Å²) >= 11 is 0. The maximum absolute atomic E-state index is 12.4. The molecular formula is C19H29N5O. The molecule has 1 N–H and O–H groups in total. The van der Waals surface area contributed by atoms with Crippen molar-refractivity contribution in [3.8, 4) is 0 Å². The molecule has 6 heteroatoms. The van der Waals surface area contributed by atoms with Crippen molar-refractivity contribution < 1.29 is 4.79 Å². The van der Waals surface area contributed by atoms with Crippen molar-refractivity contribution in [1.82, 2.24) is 24.8 Å². The van der Waals surface area contributed by atoms with Gasteiger partial charge in [0, 0.05) is 25.2 Å². The fourth-order valence-corrected chi connectivity index (χ4v) is 3.59. The maximum atomic E-state index is 12.4. The molecule has 1 fully saturated rings. The number of piperidine rings is 1. The number of carbonyl (C=O) groups excluding carboxylic acids is 1. The van der Waals surface area contributed by atoms with Crippen molar-refractivity contribution >= 4 is 11.6 Å². The van der Waals surface area contributed by atoms with Crippen molar-refractivity contribution in [2.24, 2.45) is 5.92 Å². The summed E-state index contributed by atoms with van der Waals surface area (Å²) < 4.78 is 1.87. The highest BCUT2D eigenvalue weighted by Crippen LogP contribution is 2.27. The molecule has 136 valence electrons. The molecule has 0 aromatic carbocycles. The second kappa shape index (κ2) is 7.95. The predicted octanol–water partition coefficient (Wildman–Crippen LogP) is 2.70. The molecule has 2 aromatic heterocycles. The Hall–Kier alpha value is -1.95. The van der Waals surface area contributed by atoms with E-state index in [1.807, 2.05) is 10.7 Å². The topological polar surface area (TPSA) is 62.5 Å². The normalized spacial score (nSPS) is 18.8. The van der Waals surface area contributed by atoms with E-state index in [1.54, 1.807) is 6.20 Å². The van der Waals surface area contributed by atoms with Gasteiger partial charge in [0.2, 0.25) is 0 Å². The van der Waals surface area contributed by atoms with Crippen LogP contribution in [0.15, 0.2) is 18.5 Å². The molecule has 3 heterocycles. The molecule has 0 spiro atoms. The first-order chi connectivity index (χ1) is 12.1. The number of amides is 1. The van der Waals surface area contributed by atoms with Crippen LogP contribution in [0.2, 0.25) is 0 Å². The van der Waals surface area contributed by atoms with Gasteiger partial charge < -0.3 is 10.2 Å². The van der Waals surface area contributed by atoms with Crippen molar-refractivity contribution in [1.29, 1.82) is 0 Å². The fraction of sp³-hybridized carbons (Fsp3) is 0.632. The Kier molecular flexibility index (Phi) is 5.68. The largest absolute Gasteiger partial charge is 0.352 e. The summed E-state index contributed by atoms with van der Waals surface area (Å²) in [5.74, 6) is 0.767. The highest BCUT2D eigenvalue weighted by molar-refractivity contribution is 5.99. The van der Waals surface area contributed by atoms with E-state index in [0.29, 0.717) is 29.6 Å². The Morgan fingerprint density at radius 1 is 1.44 bits per heavy atom. The molecule has 1 aliphatic heterocycles. The van der Waals surface area contributed by atoms with E-state index in [1.165, 1.54) is 19.4 Å². The molecule has 0 radical (unpaired) electrons. The third-order valence-corrected chi connectivity index (χ3v) is 4.81. The molecule has 1 atom stereocenters. The van der Waals surface area contributed by atoms with Crippen molar-refractivity contribution in [3.63, 3.8) is 0 Å². The minimum atomic E-state index is -0.0930. The number of carbonyl (C=O) groups is 1. The summed E-state index contributed by atoms with van der Waals surface area (Å²) in [4.78, 5) is 19.4. The van der Waals surface area contributed by atoms with Crippen LogP contribution in [0.3, 0.4) is 0 Å². The zero-order valence-corrected chi connectivity index (χ0v) is 15.5. The molecule has 0 unspecified atom stereocenters. The molecule has 0 bridgehead atoms. The van der Waals surface area contributed by atoms with Crippen LogP contribution in [0.1, 0.15) is 62.0 Å². The van der Waals surface area contributed by atoms with Crippen LogP contribution in [-0.4, -0.2) is 51.6 Å². The smallest absolute Gasteiger partial charge is 0.256 e. The van der Waals surface area contributed by atoms with Crippen LogP contribution < -0.4 is 5.32 Å². The van der Waals surface area contributed by atoms with Crippen molar-refractivity contribution in [3.05, 3.63) is 29.7 Å². The maximum Gasteiger partial charge on any atom is 0.256 e. The van der Waals surface area contributed by atoms with E-state index in [0.717, 1.165) is 25.2 Å². The Morgan fingerprint density at radius 3 is 3.04 bits per heavy atom. The lowest BCUT2D eigenvalue weighted by Crippen LogP contribution is -2.35. The average Bonchev–Trinajstić information content (AvgIpc) is 3.04. The van der Waals surface area contributed by atoms with Crippen LogP contribution in [0.25, 0.3) is 5.65 Å². The number of hydrogen-bond donors (Lipinski definition) is 1. The standard InChI is InChI=1S/C19H29N5O/c1-4-9-23-10-5-6-15(13-23)17-7-8-20-18-16(12-22-24(17)18)19(25)21-11-14(2)3/h7-8,12,14-15H,4-6,9-11,13H2,1-3H3,(H,21,25)/t15-/m1/s1. The molecule has 0 aliphatic carbocycles. The van der Waals surface area contributed by atoms with Crippen LogP contribution in [0.4, 0.5) is 0 Å². The lowest BCUT2D eigenvalue weighted by molar-refractivity contribution is 0.0950. The number of nitrogens with one attached hydrogen (secondary N) is 1. The van der Waals surface area contributed by atoms with E-state index >= 15 is 0 Å². The zero-order chi connectivity index (χ0) is 17.8. The van der Waals surface area contributed by atoms with Gasteiger partial charge >= 0.3 is 0 Å². The number of likely N-dealkylation sites (tertiary alicyclic amines) is 1. The van der Waals surface area contributed by atoms with E-state index in [4.69, 9.17) is 0 Å². The number of hydrogen-bond acceptors (Lipinski definition) is 4. The first kappa shape index (κ1) is 17.9. The van der Waals surface area contributed by atoms with Crippen LogP contribution in [-0.2, 0) is 0 Å². The lowest BCUT2D eigenvalue weighted by Gasteiger charge is -2.32. The van der Waals surface area contributed by atoms with Gasteiger partial charge in [-0.05, 0) is 44.3 Å². The average molecular weight is 343 g/mol. The Labute approximate surface area is 149 Å². The van der Waals surface area contributed by atoms with E-state index < -0.39 is 0 Å². The SMILES string of the molecule is CCCN1CCC[C@@H](c2ccnc3c(C(=O)NCC(C)C)cnn23)C1. The predicted molar refractivity (Wildman–Crippen MR) is 98.9 cm³/mol. The fourth-order valence-electron chi connectivity index (χ4n) is 3.59. The molecule has 25 heavy (non-hydrogen) atoms. The molecule has 0 saturated carbocycles. The Balaban J connectivity index is 1.84. The minimum absolute atomic E-state index is 0.0930.